The van der Waals surface area contributed by atoms with E-state index < -0.39 is 0 Å². The van der Waals surface area contributed by atoms with Crippen LogP contribution in [0.15, 0.2) is 11.8 Å². The third-order valence-electron chi connectivity index (χ3n) is 2.47. The summed E-state index contributed by atoms with van der Waals surface area (Å²) in [5, 5.41) is 3.17. The lowest BCUT2D eigenvalue weighted by Gasteiger charge is -2.26. The Morgan fingerprint density at radius 2 is 2.19 bits per heavy atom. The fourth-order valence-corrected chi connectivity index (χ4v) is 1.52. The molecule has 16 heavy (non-hydrogen) atoms. The summed E-state index contributed by atoms with van der Waals surface area (Å²) in [5.41, 5.74) is 0.833. The predicted octanol–water partition coefficient (Wildman–Crippen LogP) is -0.0150. The molecule has 5 nitrogen and oxygen atoms in total. The van der Waals surface area contributed by atoms with Crippen LogP contribution in [0, 0.1) is 0 Å². The van der Waals surface area contributed by atoms with Crippen LogP contribution in [0.25, 0.3) is 0 Å². The van der Waals surface area contributed by atoms with Crippen LogP contribution in [0.3, 0.4) is 0 Å². The van der Waals surface area contributed by atoms with E-state index in [-0.39, 0.29) is 5.97 Å². The molecule has 5 heteroatoms. The number of esters is 1. The van der Waals surface area contributed by atoms with Crippen molar-refractivity contribution < 1.29 is 14.3 Å². The Morgan fingerprint density at radius 1 is 1.50 bits per heavy atom. The van der Waals surface area contributed by atoms with Crippen LogP contribution in [-0.4, -0.2) is 57.4 Å². The maximum atomic E-state index is 10.9. The number of carbonyl (C=O) groups is 1. The molecule has 92 valence electrons. The molecule has 0 radical (unpaired) electrons. The minimum atomic E-state index is -0.323. The molecule has 0 saturated carbocycles. The number of nitrogens with one attached hydrogen (secondary N) is 1. The van der Waals surface area contributed by atoms with E-state index in [0.29, 0.717) is 0 Å². The highest BCUT2D eigenvalue weighted by Gasteiger charge is 2.08. The van der Waals surface area contributed by atoms with Crippen LogP contribution in [0.1, 0.15) is 6.92 Å². The fourth-order valence-electron chi connectivity index (χ4n) is 1.52. The molecule has 0 amide bonds. The van der Waals surface area contributed by atoms with Gasteiger partial charge in [0.2, 0.25) is 0 Å². The highest BCUT2D eigenvalue weighted by Crippen LogP contribution is 1.95. The van der Waals surface area contributed by atoms with Crippen LogP contribution >= 0.6 is 0 Å². The number of carbonyl (C=O) groups excluding carboxylic acids is 1. The molecule has 1 N–H and O–H groups in total. The van der Waals surface area contributed by atoms with Gasteiger partial charge in [0.15, 0.2) is 0 Å². The van der Waals surface area contributed by atoms with Gasteiger partial charge in [-0.05, 0) is 6.92 Å². The first-order valence-electron chi connectivity index (χ1n) is 5.52. The molecule has 0 unspecified atom stereocenters. The zero-order valence-electron chi connectivity index (χ0n) is 9.99. The first-order chi connectivity index (χ1) is 7.72. The number of allylic oxidation sites excluding steroid dienone is 1. The van der Waals surface area contributed by atoms with E-state index in [4.69, 9.17) is 4.74 Å². The second-order valence-corrected chi connectivity index (χ2v) is 3.73. The summed E-state index contributed by atoms with van der Waals surface area (Å²) in [5.74, 6) is -0.323. The quantitative estimate of drug-likeness (QED) is 0.529. The van der Waals surface area contributed by atoms with Crippen molar-refractivity contribution >= 4 is 5.97 Å². The van der Waals surface area contributed by atoms with E-state index in [1.54, 1.807) is 0 Å². The summed E-state index contributed by atoms with van der Waals surface area (Å²) in [6.07, 6.45) is 1.46. The van der Waals surface area contributed by atoms with Gasteiger partial charge in [-0.1, -0.05) is 0 Å². The van der Waals surface area contributed by atoms with Crippen molar-refractivity contribution in [1.82, 2.24) is 10.2 Å². The minimum Gasteiger partial charge on any atom is -0.466 e. The van der Waals surface area contributed by atoms with E-state index in [1.807, 2.05) is 6.92 Å². The van der Waals surface area contributed by atoms with Crippen LogP contribution in [0.5, 0.6) is 0 Å². The molecule has 0 bridgehead atoms. The number of rotatable bonds is 5. The Morgan fingerprint density at radius 3 is 2.81 bits per heavy atom. The van der Waals surface area contributed by atoms with Crippen molar-refractivity contribution in [2.45, 2.75) is 6.92 Å². The average molecular weight is 228 g/mol. The molecule has 1 aliphatic rings. The maximum absolute atomic E-state index is 10.9. The minimum absolute atomic E-state index is 0.323. The summed E-state index contributed by atoms with van der Waals surface area (Å²) in [6.45, 7) is 7.27. The topological polar surface area (TPSA) is 50.8 Å². The average Bonchev–Trinajstić information content (AvgIpc) is 2.30. The number of hydrogen-bond acceptors (Lipinski definition) is 5. The van der Waals surface area contributed by atoms with Gasteiger partial charge in [-0.25, -0.2) is 4.79 Å². The summed E-state index contributed by atoms with van der Waals surface area (Å²) in [6, 6.07) is 0. The van der Waals surface area contributed by atoms with Crippen LogP contribution < -0.4 is 5.32 Å². The van der Waals surface area contributed by atoms with Crippen LogP contribution in [0.2, 0.25) is 0 Å². The van der Waals surface area contributed by atoms with Gasteiger partial charge in [-0.3, -0.25) is 4.90 Å². The van der Waals surface area contributed by atoms with Gasteiger partial charge in [0.25, 0.3) is 0 Å². The molecule has 1 heterocycles. The van der Waals surface area contributed by atoms with Gasteiger partial charge >= 0.3 is 5.97 Å². The lowest BCUT2D eigenvalue weighted by Crippen LogP contribution is -2.40. The molecule has 1 fully saturated rings. The van der Waals surface area contributed by atoms with Crippen molar-refractivity contribution in [3.63, 3.8) is 0 Å². The Bertz CT molecular complexity index is 248. The van der Waals surface area contributed by atoms with Gasteiger partial charge < -0.3 is 14.8 Å². The Labute approximate surface area is 96.4 Å². The zero-order valence-corrected chi connectivity index (χ0v) is 9.99. The Kier molecular flexibility index (Phi) is 5.88. The largest absolute Gasteiger partial charge is 0.466 e. The fraction of sp³-hybridized carbons (Fsp3) is 0.727. The van der Waals surface area contributed by atoms with Crippen molar-refractivity contribution in [2.75, 3.05) is 46.5 Å². The molecular formula is C11H20N2O3. The Hall–Kier alpha value is -1.07. The second kappa shape index (κ2) is 7.24. The molecule has 1 rings (SSSR count). The van der Waals surface area contributed by atoms with Gasteiger partial charge in [0, 0.05) is 38.0 Å². The lowest BCUT2D eigenvalue weighted by atomic mass is 10.4. The third kappa shape index (κ3) is 5.14. The van der Waals surface area contributed by atoms with Gasteiger partial charge in [0.05, 0.1) is 20.3 Å². The number of hydrogen-bond donors (Lipinski definition) is 1. The molecule has 0 aliphatic carbocycles. The van der Waals surface area contributed by atoms with E-state index in [0.717, 1.165) is 45.1 Å². The predicted molar refractivity (Wildman–Crippen MR) is 61.0 cm³/mol. The number of morpholine rings is 1. The molecule has 0 aromatic carbocycles. The molecular weight excluding hydrogens is 208 g/mol. The SMILES string of the molecule is COC(=O)C=C(C)NCCN1CCOCC1. The third-order valence-corrected chi connectivity index (χ3v) is 2.47. The van der Waals surface area contributed by atoms with Crippen LogP contribution in [0.4, 0.5) is 0 Å². The molecule has 1 saturated heterocycles. The van der Waals surface area contributed by atoms with E-state index in [2.05, 4.69) is 15.0 Å². The van der Waals surface area contributed by atoms with Crippen LogP contribution in [-0.2, 0) is 14.3 Å². The van der Waals surface area contributed by atoms with Gasteiger partial charge in [-0.2, -0.15) is 0 Å². The zero-order chi connectivity index (χ0) is 11.8. The van der Waals surface area contributed by atoms with Crippen molar-refractivity contribution in [1.29, 1.82) is 0 Å². The van der Waals surface area contributed by atoms with Gasteiger partial charge in [0.1, 0.15) is 0 Å². The normalized spacial score (nSPS) is 18.2. The monoisotopic (exact) mass is 228 g/mol. The summed E-state index contributed by atoms with van der Waals surface area (Å²) >= 11 is 0. The second-order valence-electron chi connectivity index (χ2n) is 3.73. The summed E-state index contributed by atoms with van der Waals surface area (Å²) in [4.78, 5) is 13.3. The van der Waals surface area contributed by atoms with E-state index in [9.17, 15) is 4.79 Å². The molecule has 0 spiro atoms. The summed E-state index contributed by atoms with van der Waals surface area (Å²) < 4.78 is 9.79. The number of ether oxygens (including phenoxy) is 2. The number of methoxy groups -OCH3 is 1. The smallest absolute Gasteiger partial charge is 0.332 e. The van der Waals surface area contributed by atoms with E-state index in [1.165, 1.54) is 13.2 Å². The highest BCUT2D eigenvalue weighted by molar-refractivity contribution is 5.82. The lowest BCUT2D eigenvalue weighted by molar-refractivity contribution is -0.134. The Balaban J connectivity index is 2.14. The molecule has 0 aromatic rings. The van der Waals surface area contributed by atoms with Crippen molar-refractivity contribution in [2.24, 2.45) is 0 Å². The first-order valence-corrected chi connectivity index (χ1v) is 5.52. The standard InChI is InChI=1S/C11H20N2O3/c1-10(9-11(14)15-2)12-3-4-13-5-7-16-8-6-13/h9,12H,3-8H2,1-2H3. The molecule has 0 aromatic heterocycles. The number of nitrogens with zero attached hydrogens (tertiary/aromatic N) is 1. The highest BCUT2D eigenvalue weighted by atomic mass is 16.5. The van der Waals surface area contributed by atoms with Crippen molar-refractivity contribution in [3.8, 4) is 0 Å². The van der Waals surface area contributed by atoms with E-state index >= 15 is 0 Å². The molecule has 0 atom stereocenters. The van der Waals surface area contributed by atoms with Gasteiger partial charge in [-0.15, -0.1) is 0 Å². The molecule has 1 aliphatic heterocycles. The summed E-state index contributed by atoms with van der Waals surface area (Å²) in [7, 11) is 1.37. The first kappa shape index (κ1) is 13.0. The maximum Gasteiger partial charge on any atom is 0.332 e. The van der Waals surface area contributed by atoms with Crippen molar-refractivity contribution in [3.05, 3.63) is 11.8 Å².